The molecule has 1 aromatic heterocycles. The molecule has 122 valence electrons. The normalized spacial score (nSPS) is 10.4. The SMILES string of the molecule is Cc1ccc(C(=O)NNC(=O)COc2ccc(C(C)C)cc2)o1. The molecule has 2 rings (SSSR count). The van der Waals surface area contributed by atoms with E-state index in [4.69, 9.17) is 9.15 Å². The first-order chi connectivity index (χ1) is 11.0. The number of benzene rings is 1. The summed E-state index contributed by atoms with van der Waals surface area (Å²) >= 11 is 0. The molecule has 2 amide bonds. The van der Waals surface area contributed by atoms with E-state index in [9.17, 15) is 9.59 Å². The Kier molecular flexibility index (Phi) is 5.41. The first-order valence-corrected chi connectivity index (χ1v) is 7.34. The van der Waals surface area contributed by atoms with Gasteiger partial charge in [-0.15, -0.1) is 0 Å². The van der Waals surface area contributed by atoms with E-state index >= 15 is 0 Å². The molecule has 1 aromatic carbocycles. The molecule has 2 aromatic rings. The predicted molar refractivity (Wildman–Crippen MR) is 85.1 cm³/mol. The summed E-state index contributed by atoms with van der Waals surface area (Å²) in [6.45, 7) is 5.74. The lowest BCUT2D eigenvalue weighted by Crippen LogP contribution is -2.43. The number of amides is 2. The number of carbonyl (C=O) groups excluding carboxylic acids is 2. The quantitative estimate of drug-likeness (QED) is 0.831. The number of furan rings is 1. The van der Waals surface area contributed by atoms with Crippen LogP contribution in [0.3, 0.4) is 0 Å². The molecule has 6 nitrogen and oxygen atoms in total. The second kappa shape index (κ2) is 7.49. The molecule has 2 N–H and O–H groups in total. The van der Waals surface area contributed by atoms with E-state index in [-0.39, 0.29) is 12.4 Å². The lowest BCUT2D eigenvalue weighted by Gasteiger charge is -2.09. The van der Waals surface area contributed by atoms with Gasteiger partial charge in [0.25, 0.3) is 5.91 Å². The van der Waals surface area contributed by atoms with Crippen LogP contribution in [0.5, 0.6) is 5.75 Å². The third-order valence-corrected chi connectivity index (χ3v) is 3.20. The van der Waals surface area contributed by atoms with Crippen LogP contribution in [0.2, 0.25) is 0 Å². The number of hydrogen-bond acceptors (Lipinski definition) is 4. The number of aryl methyl sites for hydroxylation is 1. The summed E-state index contributed by atoms with van der Waals surface area (Å²) in [6.07, 6.45) is 0. The van der Waals surface area contributed by atoms with Gasteiger partial charge in [-0.05, 0) is 42.7 Å². The standard InChI is InChI=1S/C17H20N2O4/c1-11(2)13-5-7-14(8-6-13)22-10-16(20)18-19-17(21)15-9-4-12(3)23-15/h4-9,11H,10H2,1-3H3,(H,18,20)(H,19,21). The second-order valence-corrected chi connectivity index (χ2v) is 5.43. The van der Waals surface area contributed by atoms with Crippen molar-refractivity contribution in [3.05, 3.63) is 53.5 Å². The fourth-order valence-corrected chi connectivity index (χ4v) is 1.88. The first kappa shape index (κ1) is 16.6. The van der Waals surface area contributed by atoms with Crippen LogP contribution in [0.4, 0.5) is 0 Å². The molecule has 0 saturated heterocycles. The van der Waals surface area contributed by atoms with Gasteiger partial charge in [0.2, 0.25) is 0 Å². The van der Waals surface area contributed by atoms with E-state index in [0.29, 0.717) is 17.4 Å². The Morgan fingerprint density at radius 3 is 2.35 bits per heavy atom. The van der Waals surface area contributed by atoms with Gasteiger partial charge in [0.15, 0.2) is 12.4 Å². The zero-order chi connectivity index (χ0) is 16.8. The van der Waals surface area contributed by atoms with Crippen molar-refractivity contribution in [3.8, 4) is 5.75 Å². The highest BCUT2D eigenvalue weighted by Crippen LogP contribution is 2.18. The minimum Gasteiger partial charge on any atom is -0.484 e. The minimum absolute atomic E-state index is 0.132. The van der Waals surface area contributed by atoms with E-state index in [0.717, 1.165) is 0 Å². The molecule has 0 aliphatic carbocycles. The molecule has 0 radical (unpaired) electrons. The smallest absolute Gasteiger partial charge is 0.305 e. The number of nitrogens with one attached hydrogen (secondary N) is 2. The van der Waals surface area contributed by atoms with Gasteiger partial charge in [-0.25, -0.2) is 0 Å². The fraction of sp³-hybridized carbons (Fsp3) is 0.294. The number of carbonyl (C=O) groups is 2. The van der Waals surface area contributed by atoms with Crippen LogP contribution < -0.4 is 15.6 Å². The van der Waals surface area contributed by atoms with Crippen molar-refractivity contribution < 1.29 is 18.7 Å². The maximum atomic E-state index is 11.7. The van der Waals surface area contributed by atoms with Gasteiger partial charge in [0.05, 0.1) is 0 Å². The van der Waals surface area contributed by atoms with Crippen molar-refractivity contribution in [2.24, 2.45) is 0 Å². The number of hydrazine groups is 1. The van der Waals surface area contributed by atoms with Crippen molar-refractivity contribution >= 4 is 11.8 Å². The highest BCUT2D eigenvalue weighted by molar-refractivity contribution is 5.93. The van der Waals surface area contributed by atoms with Crippen LogP contribution >= 0.6 is 0 Å². The van der Waals surface area contributed by atoms with Gasteiger partial charge in [-0.1, -0.05) is 26.0 Å². The molecule has 0 saturated carbocycles. The molecular weight excluding hydrogens is 296 g/mol. The molecule has 0 spiro atoms. The Morgan fingerprint density at radius 2 is 1.78 bits per heavy atom. The average Bonchev–Trinajstić information content (AvgIpc) is 2.97. The summed E-state index contributed by atoms with van der Waals surface area (Å²) in [5.74, 6) is 0.801. The molecule has 0 aliphatic rings. The Labute approximate surface area is 134 Å². The third-order valence-electron chi connectivity index (χ3n) is 3.20. The van der Waals surface area contributed by atoms with Crippen LogP contribution in [0.15, 0.2) is 40.8 Å². The monoisotopic (exact) mass is 316 g/mol. The van der Waals surface area contributed by atoms with Crippen molar-refractivity contribution in [1.29, 1.82) is 0 Å². The van der Waals surface area contributed by atoms with Crippen LogP contribution in [0.25, 0.3) is 0 Å². The Balaban J connectivity index is 1.75. The molecule has 6 heteroatoms. The lowest BCUT2D eigenvalue weighted by atomic mass is 10.0. The molecule has 0 bridgehead atoms. The maximum absolute atomic E-state index is 11.7. The van der Waals surface area contributed by atoms with Crippen LogP contribution in [0, 0.1) is 6.92 Å². The van der Waals surface area contributed by atoms with Gasteiger partial charge in [0, 0.05) is 0 Å². The topological polar surface area (TPSA) is 80.6 Å². The summed E-state index contributed by atoms with van der Waals surface area (Å²) in [5.41, 5.74) is 5.72. The molecule has 0 unspecified atom stereocenters. The average molecular weight is 316 g/mol. The van der Waals surface area contributed by atoms with Gasteiger partial charge in [-0.3, -0.25) is 20.4 Å². The van der Waals surface area contributed by atoms with Gasteiger partial charge in [-0.2, -0.15) is 0 Å². The fourth-order valence-electron chi connectivity index (χ4n) is 1.88. The molecule has 0 aliphatic heterocycles. The molecule has 23 heavy (non-hydrogen) atoms. The predicted octanol–water partition coefficient (Wildman–Crippen LogP) is 2.55. The molecule has 0 fully saturated rings. The number of rotatable bonds is 5. The maximum Gasteiger partial charge on any atom is 0.305 e. The largest absolute Gasteiger partial charge is 0.484 e. The molecular formula is C17H20N2O4. The van der Waals surface area contributed by atoms with Gasteiger partial charge >= 0.3 is 5.91 Å². The van der Waals surface area contributed by atoms with E-state index in [1.54, 1.807) is 13.0 Å². The van der Waals surface area contributed by atoms with Gasteiger partial charge in [0.1, 0.15) is 11.5 Å². The summed E-state index contributed by atoms with van der Waals surface area (Å²) in [4.78, 5) is 23.3. The summed E-state index contributed by atoms with van der Waals surface area (Å²) in [6, 6.07) is 10.7. The zero-order valence-electron chi connectivity index (χ0n) is 13.4. The first-order valence-electron chi connectivity index (χ1n) is 7.34. The lowest BCUT2D eigenvalue weighted by molar-refractivity contribution is -0.123. The van der Waals surface area contributed by atoms with E-state index in [1.807, 2.05) is 24.3 Å². The summed E-state index contributed by atoms with van der Waals surface area (Å²) in [7, 11) is 0. The Bertz CT molecular complexity index is 674. The van der Waals surface area contributed by atoms with Crippen molar-refractivity contribution in [1.82, 2.24) is 10.9 Å². The molecule has 0 atom stereocenters. The summed E-state index contributed by atoms with van der Waals surface area (Å²) < 4.78 is 10.5. The van der Waals surface area contributed by atoms with Crippen LogP contribution in [-0.4, -0.2) is 18.4 Å². The Morgan fingerprint density at radius 1 is 1.09 bits per heavy atom. The second-order valence-electron chi connectivity index (χ2n) is 5.43. The highest BCUT2D eigenvalue weighted by atomic mass is 16.5. The number of hydrogen-bond donors (Lipinski definition) is 2. The van der Waals surface area contributed by atoms with Crippen molar-refractivity contribution in [2.75, 3.05) is 6.61 Å². The van der Waals surface area contributed by atoms with Gasteiger partial charge < -0.3 is 9.15 Å². The Hall–Kier alpha value is -2.76. The summed E-state index contributed by atoms with van der Waals surface area (Å²) in [5, 5.41) is 0. The van der Waals surface area contributed by atoms with E-state index in [2.05, 4.69) is 24.7 Å². The highest BCUT2D eigenvalue weighted by Gasteiger charge is 2.11. The minimum atomic E-state index is -0.521. The molecule has 1 heterocycles. The van der Waals surface area contributed by atoms with Crippen LogP contribution in [0.1, 0.15) is 41.6 Å². The zero-order valence-corrected chi connectivity index (χ0v) is 13.4. The third kappa shape index (κ3) is 4.88. The van der Waals surface area contributed by atoms with E-state index in [1.165, 1.54) is 11.6 Å². The van der Waals surface area contributed by atoms with Crippen molar-refractivity contribution in [2.45, 2.75) is 26.7 Å². The van der Waals surface area contributed by atoms with Crippen molar-refractivity contribution in [3.63, 3.8) is 0 Å². The van der Waals surface area contributed by atoms with Crippen LogP contribution in [-0.2, 0) is 4.79 Å². The van der Waals surface area contributed by atoms with E-state index < -0.39 is 11.8 Å². The number of ether oxygens (including phenoxy) is 1.